The zero-order chi connectivity index (χ0) is 18.4. The van der Waals surface area contributed by atoms with E-state index >= 15 is 0 Å². The first-order valence-electron chi connectivity index (χ1n) is 8.62. The zero-order valence-electron chi connectivity index (χ0n) is 14.4. The minimum atomic E-state index is -4.47. The van der Waals surface area contributed by atoms with Crippen molar-refractivity contribution < 1.29 is 18.0 Å². The third kappa shape index (κ3) is 3.82. The van der Waals surface area contributed by atoms with E-state index in [0.717, 1.165) is 49.3 Å². The van der Waals surface area contributed by atoms with Crippen LogP contribution < -0.4 is 10.6 Å². The monoisotopic (exact) mass is 400 g/mol. The summed E-state index contributed by atoms with van der Waals surface area (Å²) in [6.07, 6.45) is -0.406. The van der Waals surface area contributed by atoms with Gasteiger partial charge in [-0.3, -0.25) is 4.79 Å². The molecule has 9 heteroatoms. The van der Waals surface area contributed by atoms with Crippen LogP contribution in [-0.4, -0.2) is 28.8 Å². The van der Waals surface area contributed by atoms with Crippen LogP contribution in [0.2, 0.25) is 0 Å². The molecule has 1 aliphatic heterocycles. The van der Waals surface area contributed by atoms with Crippen LogP contribution in [-0.2, 0) is 11.0 Å². The molecule has 1 aliphatic carbocycles. The molecule has 1 spiro atoms. The van der Waals surface area contributed by atoms with E-state index in [1.807, 2.05) is 0 Å². The molecule has 1 saturated heterocycles. The molecule has 2 aliphatic rings. The summed E-state index contributed by atoms with van der Waals surface area (Å²) in [4.78, 5) is 12.4. The van der Waals surface area contributed by atoms with E-state index < -0.39 is 11.9 Å². The first-order valence-corrected chi connectivity index (χ1v) is 8.62. The third-order valence-corrected chi connectivity index (χ3v) is 5.42. The van der Waals surface area contributed by atoms with E-state index in [1.54, 1.807) is 12.1 Å². The maximum atomic E-state index is 13.0. The second kappa shape index (κ2) is 7.16. The lowest BCUT2D eigenvalue weighted by molar-refractivity contribution is -0.142. The van der Waals surface area contributed by atoms with Crippen LogP contribution in [0.4, 0.5) is 18.9 Å². The van der Waals surface area contributed by atoms with Crippen molar-refractivity contribution in [2.75, 3.05) is 18.4 Å². The summed E-state index contributed by atoms with van der Waals surface area (Å²) in [5.74, 6) is 0.0296. The van der Waals surface area contributed by atoms with E-state index in [2.05, 4.69) is 15.7 Å². The highest BCUT2D eigenvalue weighted by atomic mass is 35.5. The number of nitrogens with one attached hydrogen (secondary N) is 2. The molecule has 1 atom stereocenters. The highest BCUT2D eigenvalue weighted by Gasteiger charge is 2.57. The summed E-state index contributed by atoms with van der Waals surface area (Å²) >= 11 is 0. The Morgan fingerprint density at radius 2 is 1.85 bits per heavy atom. The summed E-state index contributed by atoms with van der Waals surface area (Å²) in [6, 6.07) is 7.18. The molecule has 2 fully saturated rings. The minimum absolute atomic E-state index is 0. The van der Waals surface area contributed by atoms with E-state index in [0.29, 0.717) is 11.4 Å². The minimum Gasteiger partial charge on any atom is -0.326 e. The number of nitrogens with zero attached hydrogens (tertiary/aromatic N) is 2. The first kappa shape index (κ1) is 19.7. The van der Waals surface area contributed by atoms with Gasteiger partial charge in [0, 0.05) is 11.6 Å². The molecule has 2 aromatic rings. The average molecular weight is 401 g/mol. The van der Waals surface area contributed by atoms with Gasteiger partial charge in [-0.15, -0.1) is 12.4 Å². The van der Waals surface area contributed by atoms with Crippen LogP contribution >= 0.6 is 12.4 Å². The maximum absolute atomic E-state index is 13.0. The Hall–Kier alpha value is -2.06. The van der Waals surface area contributed by atoms with Crippen molar-refractivity contribution in [1.82, 2.24) is 15.1 Å². The van der Waals surface area contributed by atoms with Crippen molar-refractivity contribution in [1.29, 1.82) is 0 Å². The van der Waals surface area contributed by atoms with E-state index in [9.17, 15) is 18.0 Å². The topological polar surface area (TPSA) is 59.0 Å². The Kier molecular flexibility index (Phi) is 5.22. The van der Waals surface area contributed by atoms with E-state index in [1.165, 1.54) is 12.1 Å². The zero-order valence-corrected chi connectivity index (χ0v) is 15.2. The number of alkyl halides is 3. The summed E-state index contributed by atoms with van der Waals surface area (Å²) in [6.45, 7) is 1.90. The SMILES string of the molecule is Cl.O=C(Nc1ccc(-n2nccc2C(F)(F)F)cc1)C1CC12CCNCC2. The van der Waals surface area contributed by atoms with Crippen molar-refractivity contribution >= 4 is 24.0 Å². The molecule has 1 aromatic carbocycles. The van der Waals surface area contributed by atoms with Gasteiger partial charge in [0.25, 0.3) is 0 Å². The molecular weight excluding hydrogens is 381 g/mol. The van der Waals surface area contributed by atoms with Gasteiger partial charge in [-0.2, -0.15) is 18.3 Å². The normalized spacial score (nSPS) is 20.8. The number of rotatable bonds is 3. The van der Waals surface area contributed by atoms with Gasteiger partial charge in [-0.25, -0.2) is 4.68 Å². The van der Waals surface area contributed by atoms with Crippen molar-refractivity contribution in [3.05, 3.63) is 42.2 Å². The Labute approximate surface area is 160 Å². The molecule has 1 saturated carbocycles. The molecule has 146 valence electrons. The summed E-state index contributed by atoms with van der Waals surface area (Å²) in [7, 11) is 0. The second-order valence-electron chi connectivity index (χ2n) is 7.03. The molecular formula is C18H20ClF3N4O. The highest BCUT2D eigenvalue weighted by molar-refractivity contribution is 5.95. The molecule has 0 radical (unpaired) electrons. The third-order valence-electron chi connectivity index (χ3n) is 5.42. The fraction of sp³-hybridized carbons (Fsp3) is 0.444. The van der Waals surface area contributed by atoms with Crippen molar-refractivity contribution in [2.24, 2.45) is 11.3 Å². The van der Waals surface area contributed by atoms with Crippen molar-refractivity contribution in [3.8, 4) is 5.69 Å². The molecule has 4 rings (SSSR count). The lowest BCUT2D eigenvalue weighted by Gasteiger charge is -2.23. The van der Waals surface area contributed by atoms with Crippen LogP contribution in [0.15, 0.2) is 36.5 Å². The Bertz CT molecular complexity index is 813. The van der Waals surface area contributed by atoms with Gasteiger partial charge in [-0.05, 0) is 68.1 Å². The van der Waals surface area contributed by atoms with Crippen molar-refractivity contribution in [3.63, 3.8) is 0 Å². The van der Waals surface area contributed by atoms with Gasteiger partial charge in [0.1, 0.15) is 5.69 Å². The maximum Gasteiger partial charge on any atom is 0.433 e. The molecule has 2 heterocycles. The lowest BCUT2D eigenvalue weighted by Crippen LogP contribution is -2.31. The number of hydrogen-bond acceptors (Lipinski definition) is 3. The number of halogens is 4. The molecule has 1 aromatic heterocycles. The first-order chi connectivity index (χ1) is 12.4. The Morgan fingerprint density at radius 1 is 1.19 bits per heavy atom. The van der Waals surface area contributed by atoms with Gasteiger partial charge in [-0.1, -0.05) is 0 Å². The molecule has 5 nitrogen and oxygen atoms in total. The fourth-order valence-corrected chi connectivity index (χ4v) is 3.83. The van der Waals surface area contributed by atoms with Crippen LogP contribution in [0.5, 0.6) is 0 Å². The average Bonchev–Trinajstić information content (AvgIpc) is 3.06. The Morgan fingerprint density at radius 3 is 2.48 bits per heavy atom. The molecule has 2 N–H and O–H groups in total. The summed E-state index contributed by atoms with van der Waals surface area (Å²) < 4.78 is 39.7. The van der Waals surface area contributed by atoms with Gasteiger partial charge in [0.2, 0.25) is 5.91 Å². The highest BCUT2D eigenvalue weighted by Crippen LogP contribution is 2.58. The predicted octanol–water partition coefficient (Wildman–Crippen LogP) is 3.64. The lowest BCUT2D eigenvalue weighted by atomic mass is 9.92. The van der Waals surface area contributed by atoms with Crippen LogP contribution in [0.3, 0.4) is 0 Å². The number of amides is 1. The summed E-state index contributed by atoms with van der Waals surface area (Å²) in [5.41, 5.74) is 0.184. The van der Waals surface area contributed by atoms with Gasteiger partial charge in [0.05, 0.1) is 11.9 Å². The smallest absolute Gasteiger partial charge is 0.326 e. The molecule has 27 heavy (non-hydrogen) atoms. The fourth-order valence-electron chi connectivity index (χ4n) is 3.83. The van der Waals surface area contributed by atoms with Crippen LogP contribution in [0, 0.1) is 11.3 Å². The molecule has 1 unspecified atom stereocenters. The van der Waals surface area contributed by atoms with Crippen LogP contribution in [0.1, 0.15) is 25.0 Å². The number of hydrogen-bond donors (Lipinski definition) is 2. The molecule has 0 bridgehead atoms. The quantitative estimate of drug-likeness (QED) is 0.827. The number of carbonyl (C=O) groups excluding carboxylic acids is 1. The standard InChI is InChI=1S/C18H19F3N4O.ClH/c19-18(20,21)15-5-8-23-25(15)13-3-1-12(2-4-13)24-16(26)14-11-17(14)6-9-22-10-7-17;/h1-5,8,14,22H,6-7,9-11H2,(H,24,26);1H. The number of benzene rings is 1. The van der Waals surface area contributed by atoms with Gasteiger partial charge in [0.15, 0.2) is 0 Å². The van der Waals surface area contributed by atoms with Crippen LogP contribution in [0.25, 0.3) is 5.69 Å². The number of piperidine rings is 1. The van der Waals surface area contributed by atoms with Gasteiger partial charge >= 0.3 is 6.18 Å². The molecule has 1 amide bonds. The summed E-state index contributed by atoms with van der Waals surface area (Å²) in [5, 5.41) is 9.93. The Balaban J connectivity index is 0.00000210. The number of anilines is 1. The number of carbonyl (C=O) groups is 1. The number of aromatic nitrogens is 2. The van der Waals surface area contributed by atoms with E-state index in [4.69, 9.17) is 0 Å². The van der Waals surface area contributed by atoms with E-state index in [-0.39, 0.29) is 29.6 Å². The largest absolute Gasteiger partial charge is 0.433 e. The van der Waals surface area contributed by atoms with Gasteiger partial charge < -0.3 is 10.6 Å². The predicted molar refractivity (Wildman–Crippen MR) is 97.1 cm³/mol. The van der Waals surface area contributed by atoms with Crippen molar-refractivity contribution in [2.45, 2.75) is 25.4 Å². The second-order valence-corrected chi connectivity index (χ2v) is 7.03.